The fourth-order valence-corrected chi connectivity index (χ4v) is 6.38. The van der Waals surface area contributed by atoms with Gasteiger partial charge < -0.3 is 31.1 Å². The number of likely N-dealkylation sites (N-methyl/N-ethyl adjacent to an activating group) is 1. The number of benzene rings is 1. The number of primary amides is 1. The summed E-state index contributed by atoms with van der Waals surface area (Å²) in [5, 5.41) is 45.2. The van der Waals surface area contributed by atoms with E-state index < -0.39 is 64.5 Å². The zero-order valence-corrected chi connectivity index (χ0v) is 22.2. The number of aliphatic hydroxyl groups excluding tert-OH is 2. The van der Waals surface area contributed by atoms with Crippen molar-refractivity contribution in [2.75, 3.05) is 33.1 Å². The van der Waals surface area contributed by atoms with E-state index >= 15 is 0 Å². The summed E-state index contributed by atoms with van der Waals surface area (Å²) in [7, 11) is 6.55. The molecule has 0 aromatic heterocycles. The van der Waals surface area contributed by atoms with Crippen molar-refractivity contribution in [3.05, 3.63) is 39.7 Å². The number of nitrogens with two attached hydrogens (primary N) is 1. The van der Waals surface area contributed by atoms with Crippen molar-refractivity contribution in [1.29, 1.82) is 0 Å². The Balaban J connectivity index is 1.93. The molecule has 1 aromatic carbocycles. The molecule has 0 spiro atoms. The van der Waals surface area contributed by atoms with Gasteiger partial charge in [-0.3, -0.25) is 19.3 Å². The van der Waals surface area contributed by atoms with Crippen LogP contribution in [-0.4, -0.2) is 89.1 Å². The number of amides is 1. The smallest absolute Gasteiger partial charge is 0.255 e. The topological polar surface area (TPSA) is 165 Å². The van der Waals surface area contributed by atoms with Gasteiger partial charge in [-0.2, -0.15) is 0 Å². The molecule has 1 saturated carbocycles. The van der Waals surface area contributed by atoms with Gasteiger partial charge in [0.15, 0.2) is 11.4 Å². The van der Waals surface area contributed by atoms with Crippen LogP contribution in [0.3, 0.4) is 0 Å². The number of phenols is 1. The highest BCUT2D eigenvalue weighted by Crippen LogP contribution is 2.54. The van der Waals surface area contributed by atoms with E-state index in [9.17, 15) is 43.6 Å². The van der Waals surface area contributed by atoms with Crippen LogP contribution in [0.5, 0.6) is 5.75 Å². The van der Waals surface area contributed by atoms with Crippen LogP contribution in [-0.2, 0) is 27.2 Å². The Labute approximate surface area is 224 Å². The molecule has 3 aliphatic carbocycles. The van der Waals surface area contributed by atoms with E-state index in [2.05, 4.69) is 0 Å². The Morgan fingerprint density at radius 1 is 1.18 bits per heavy atom. The Hall–Kier alpha value is -3.51. The second kappa shape index (κ2) is 9.91. The van der Waals surface area contributed by atoms with E-state index in [1.807, 2.05) is 0 Å². The Bertz CT molecular complexity index is 1320. The fraction of sp³-hybridized carbons (Fsp3) is 0.519. The van der Waals surface area contributed by atoms with Crippen molar-refractivity contribution < 1.29 is 43.6 Å². The van der Waals surface area contributed by atoms with E-state index in [1.54, 1.807) is 25.1 Å². The summed E-state index contributed by atoms with van der Waals surface area (Å²) in [4.78, 5) is 42.4. The van der Waals surface area contributed by atoms with Crippen molar-refractivity contribution in [1.82, 2.24) is 4.90 Å². The number of Topliss-reactive ketones (excluding diaryl/α,β-unsaturated/α-hetero) is 2. The highest BCUT2D eigenvalue weighted by Gasteiger charge is 2.64. The minimum absolute atomic E-state index is 0.0183. The molecule has 3 aliphatic rings. The predicted octanol–water partition coefficient (Wildman–Crippen LogP) is 1.62. The number of ketones is 2. The second-order valence-electron chi connectivity index (χ2n) is 10.9. The van der Waals surface area contributed by atoms with Crippen LogP contribution < -0.4 is 10.6 Å². The van der Waals surface area contributed by atoms with Gasteiger partial charge in [-0.1, -0.05) is 0 Å². The van der Waals surface area contributed by atoms with Gasteiger partial charge in [0.05, 0.1) is 11.6 Å². The summed E-state index contributed by atoms with van der Waals surface area (Å²) in [6.45, 7) is 0. The highest BCUT2D eigenvalue weighted by molar-refractivity contribution is 6.24. The third-order valence-corrected chi connectivity index (χ3v) is 8.13. The van der Waals surface area contributed by atoms with E-state index in [-0.39, 0.29) is 49.0 Å². The lowest BCUT2D eigenvalue weighted by Crippen LogP contribution is -2.65. The van der Waals surface area contributed by atoms with Crippen molar-refractivity contribution in [3.8, 4) is 5.75 Å². The lowest BCUT2D eigenvalue weighted by molar-refractivity contribution is -0.153. The third kappa shape index (κ3) is 4.26. The molecule has 0 aliphatic heterocycles. The molecule has 212 valence electrons. The lowest BCUT2D eigenvalue weighted by atomic mass is 9.57. The van der Waals surface area contributed by atoms with E-state index in [0.717, 1.165) is 0 Å². The monoisotopic (exact) mass is 549 g/mol. The average Bonchev–Trinajstić information content (AvgIpc) is 2.81. The van der Waals surface area contributed by atoms with Crippen molar-refractivity contribution >= 4 is 28.9 Å². The normalized spacial score (nSPS) is 26.6. The minimum atomic E-state index is -2.72. The second-order valence-corrected chi connectivity index (χ2v) is 10.9. The quantitative estimate of drug-likeness (QED) is 0.318. The first-order valence-electron chi connectivity index (χ1n) is 12.6. The molecule has 39 heavy (non-hydrogen) atoms. The number of phenolic OH excluding ortho intramolecular Hbond substituents is 1. The first kappa shape index (κ1) is 28.5. The highest BCUT2D eigenvalue weighted by atomic mass is 19.3. The number of halogens is 2. The Kier molecular flexibility index (Phi) is 7.24. The maximum atomic E-state index is 13.9. The number of rotatable bonds is 7. The Morgan fingerprint density at radius 3 is 2.36 bits per heavy atom. The molecule has 0 radical (unpaired) electrons. The number of nitrogens with zero attached hydrogens (tertiary/aromatic N) is 2. The van der Waals surface area contributed by atoms with Gasteiger partial charge in [-0.05, 0) is 62.9 Å². The summed E-state index contributed by atoms with van der Waals surface area (Å²) in [5.41, 5.74) is 2.85. The number of fused-ring (bicyclic) bond motifs is 3. The maximum absolute atomic E-state index is 13.9. The van der Waals surface area contributed by atoms with Gasteiger partial charge in [0.1, 0.15) is 22.8 Å². The van der Waals surface area contributed by atoms with Crippen molar-refractivity contribution in [3.63, 3.8) is 0 Å². The number of alkyl halides is 2. The number of aryl methyl sites for hydroxylation is 1. The molecule has 10 nitrogen and oxygen atoms in total. The number of anilines is 1. The molecular formula is C27H33F2N3O7. The van der Waals surface area contributed by atoms with Gasteiger partial charge in [0.25, 0.3) is 5.91 Å². The molecule has 1 amide bonds. The Morgan fingerprint density at radius 2 is 1.82 bits per heavy atom. The van der Waals surface area contributed by atoms with Gasteiger partial charge >= 0.3 is 0 Å². The van der Waals surface area contributed by atoms with Crippen LogP contribution in [0.4, 0.5) is 14.5 Å². The van der Waals surface area contributed by atoms with Crippen LogP contribution in [0.1, 0.15) is 36.0 Å². The van der Waals surface area contributed by atoms with Gasteiger partial charge in [0.2, 0.25) is 12.2 Å². The van der Waals surface area contributed by atoms with Crippen LogP contribution in [0, 0.1) is 11.8 Å². The fourth-order valence-electron chi connectivity index (χ4n) is 6.38. The zero-order chi connectivity index (χ0) is 29.1. The molecule has 4 rings (SSSR count). The number of hydrogen-bond donors (Lipinski definition) is 5. The number of aliphatic hydroxyl groups is 3. The van der Waals surface area contributed by atoms with Gasteiger partial charge in [-0.25, -0.2) is 8.78 Å². The standard InChI is InChI=1S/C27H33F2N3O7/c1-31(2)15-10-11(6-5-7-16(28)29)21(33)18-13(15)8-12-9-14-20(32(3)4)23(35)19(26(30)38)25(37)27(14,39)24(36)17(12)22(18)34/h10,12,14,16,20,33-34,37,39H,5-9H2,1-4H3,(H2,30,38)/t12-,14-,20-,27-/m0/s1. The van der Waals surface area contributed by atoms with Crippen LogP contribution in [0.25, 0.3) is 5.76 Å². The third-order valence-electron chi connectivity index (χ3n) is 8.13. The largest absolute Gasteiger partial charge is 0.508 e. The summed E-state index contributed by atoms with van der Waals surface area (Å²) in [5.74, 6) is -7.22. The summed E-state index contributed by atoms with van der Waals surface area (Å²) < 4.78 is 25.5. The molecule has 0 saturated heterocycles. The summed E-state index contributed by atoms with van der Waals surface area (Å²) >= 11 is 0. The zero-order valence-electron chi connectivity index (χ0n) is 22.2. The number of hydrogen-bond acceptors (Lipinski definition) is 9. The van der Waals surface area contributed by atoms with Crippen LogP contribution in [0.2, 0.25) is 0 Å². The average molecular weight is 550 g/mol. The SMILES string of the molecule is CN(C)c1cc(CCCC(F)F)c(O)c2c1C[C@H]1C[C@H]3[C@H](N(C)C)C(=O)C(C(N)=O)=C(O)[C@@]3(O)C(=O)C1=C2O. The number of carbonyl (C=O) groups is 3. The van der Waals surface area contributed by atoms with E-state index in [1.165, 1.54) is 19.0 Å². The molecule has 0 unspecified atom stereocenters. The van der Waals surface area contributed by atoms with Crippen molar-refractivity contribution in [2.24, 2.45) is 17.6 Å². The van der Waals surface area contributed by atoms with Crippen LogP contribution >= 0.6 is 0 Å². The summed E-state index contributed by atoms with van der Waals surface area (Å²) in [6.07, 6.45) is -2.60. The predicted molar refractivity (Wildman–Crippen MR) is 138 cm³/mol. The molecular weight excluding hydrogens is 516 g/mol. The molecule has 1 aromatic rings. The maximum Gasteiger partial charge on any atom is 0.255 e. The lowest BCUT2D eigenvalue weighted by Gasteiger charge is -2.50. The van der Waals surface area contributed by atoms with E-state index in [0.29, 0.717) is 16.8 Å². The molecule has 4 atom stereocenters. The molecule has 6 N–H and O–H groups in total. The molecule has 0 bridgehead atoms. The van der Waals surface area contributed by atoms with Gasteiger partial charge in [0, 0.05) is 37.7 Å². The van der Waals surface area contributed by atoms with Crippen molar-refractivity contribution in [2.45, 2.75) is 50.2 Å². The first-order chi connectivity index (χ1) is 18.1. The van der Waals surface area contributed by atoms with Crippen LogP contribution in [0.15, 0.2) is 23.0 Å². The number of carbonyl (C=O) groups excluding carboxylic acids is 3. The summed E-state index contributed by atoms with van der Waals surface area (Å²) in [6, 6.07) is 0.501. The van der Waals surface area contributed by atoms with Gasteiger partial charge in [-0.15, -0.1) is 0 Å². The molecule has 12 heteroatoms. The molecule has 1 fully saturated rings. The molecule has 0 heterocycles. The number of aromatic hydroxyl groups is 1. The van der Waals surface area contributed by atoms with E-state index in [4.69, 9.17) is 5.73 Å². The minimum Gasteiger partial charge on any atom is -0.508 e. The first-order valence-corrected chi connectivity index (χ1v) is 12.6.